The lowest BCUT2D eigenvalue weighted by Gasteiger charge is -2.08. The molecule has 1 rings (SSSR count). The van der Waals surface area contributed by atoms with Crippen molar-refractivity contribution in [3.63, 3.8) is 0 Å². The Hall–Kier alpha value is -1.32. The zero-order valence-corrected chi connectivity index (χ0v) is 10.00. The zero-order chi connectivity index (χ0) is 11.3. The number of carbonyl (C=O) groups is 1. The molecule has 0 aliphatic rings. The molecular formula is C12H16ClNO2. The summed E-state index contributed by atoms with van der Waals surface area (Å²) in [6.45, 7) is 3.66. The topological polar surface area (TPSA) is 52.3 Å². The maximum atomic E-state index is 11.1. The van der Waals surface area contributed by atoms with Crippen molar-refractivity contribution in [1.29, 1.82) is 0 Å². The molecule has 0 saturated carbocycles. The Kier molecular flexibility index (Phi) is 6.46. The van der Waals surface area contributed by atoms with Gasteiger partial charge in [-0.1, -0.05) is 36.9 Å². The van der Waals surface area contributed by atoms with Crippen LogP contribution in [-0.2, 0) is 16.0 Å². The van der Waals surface area contributed by atoms with Crippen molar-refractivity contribution in [2.75, 3.05) is 7.11 Å². The molecule has 0 aromatic heterocycles. The van der Waals surface area contributed by atoms with E-state index < -0.39 is 6.04 Å². The van der Waals surface area contributed by atoms with E-state index >= 15 is 0 Å². The van der Waals surface area contributed by atoms with Gasteiger partial charge in [0.2, 0.25) is 0 Å². The number of methoxy groups -OCH3 is 1. The summed E-state index contributed by atoms with van der Waals surface area (Å²) in [4.78, 5) is 11.1. The lowest BCUT2D eigenvalue weighted by atomic mass is 10.0. The third-order valence-electron chi connectivity index (χ3n) is 2.17. The molecule has 0 radical (unpaired) electrons. The molecule has 0 amide bonds. The summed E-state index contributed by atoms with van der Waals surface area (Å²) >= 11 is 0. The van der Waals surface area contributed by atoms with Gasteiger partial charge in [0.05, 0.1) is 7.11 Å². The Balaban J connectivity index is 0.00000225. The van der Waals surface area contributed by atoms with Crippen molar-refractivity contribution in [3.8, 4) is 0 Å². The quantitative estimate of drug-likeness (QED) is 0.818. The molecule has 1 unspecified atom stereocenters. The van der Waals surface area contributed by atoms with Gasteiger partial charge in [-0.3, -0.25) is 4.79 Å². The van der Waals surface area contributed by atoms with Crippen LogP contribution >= 0.6 is 12.4 Å². The highest BCUT2D eigenvalue weighted by Crippen LogP contribution is 2.07. The number of hydrogen-bond acceptors (Lipinski definition) is 3. The van der Waals surface area contributed by atoms with E-state index in [-0.39, 0.29) is 18.4 Å². The molecule has 3 nitrogen and oxygen atoms in total. The van der Waals surface area contributed by atoms with Gasteiger partial charge in [0.1, 0.15) is 6.04 Å². The number of carbonyl (C=O) groups excluding carboxylic acids is 1. The van der Waals surface area contributed by atoms with Gasteiger partial charge < -0.3 is 10.5 Å². The van der Waals surface area contributed by atoms with Crippen LogP contribution in [0.2, 0.25) is 0 Å². The van der Waals surface area contributed by atoms with Crippen LogP contribution in [0.15, 0.2) is 30.8 Å². The van der Waals surface area contributed by atoms with Crippen LogP contribution in [0, 0.1) is 0 Å². The number of ether oxygens (including phenoxy) is 1. The lowest BCUT2D eigenvalue weighted by Crippen LogP contribution is -2.33. The van der Waals surface area contributed by atoms with Gasteiger partial charge in [-0.15, -0.1) is 12.4 Å². The van der Waals surface area contributed by atoms with Crippen molar-refractivity contribution in [3.05, 3.63) is 42.0 Å². The zero-order valence-electron chi connectivity index (χ0n) is 9.18. The monoisotopic (exact) mass is 241 g/mol. The van der Waals surface area contributed by atoms with E-state index in [9.17, 15) is 4.79 Å². The Morgan fingerprint density at radius 1 is 1.50 bits per heavy atom. The molecule has 1 aromatic rings. The molecule has 0 heterocycles. The van der Waals surface area contributed by atoms with E-state index in [1.807, 2.05) is 24.3 Å². The van der Waals surface area contributed by atoms with Crippen molar-refractivity contribution < 1.29 is 9.53 Å². The molecule has 0 spiro atoms. The van der Waals surface area contributed by atoms with Crippen LogP contribution in [0.25, 0.3) is 6.08 Å². The molecule has 16 heavy (non-hydrogen) atoms. The number of rotatable bonds is 4. The highest BCUT2D eigenvalue weighted by Gasteiger charge is 2.13. The SMILES string of the molecule is C=Cc1ccc(CC(N)C(=O)OC)cc1.Cl. The normalized spacial score (nSPS) is 11.1. The molecule has 4 heteroatoms. The third-order valence-corrected chi connectivity index (χ3v) is 2.17. The molecule has 0 aliphatic carbocycles. The number of halogens is 1. The van der Waals surface area contributed by atoms with E-state index in [1.54, 1.807) is 6.08 Å². The number of esters is 1. The Morgan fingerprint density at radius 2 is 2.06 bits per heavy atom. The molecule has 1 atom stereocenters. The second kappa shape index (κ2) is 7.04. The fraction of sp³-hybridized carbons (Fsp3) is 0.250. The molecule has 0 fully saturated rings. The summed E-state index contributed by atoms with van der Waals surface area (Å²) in [5.41, 5.74) is 7.69. The van der Waals surface area contributed by atoms with Crippen molar-refractivity contribution in [2.45, 2.75) is 12.5 Å². The first-order valence-electron chi connectivity index (χ1n) is 4.72. The minimum Gasteiger partial charge on any atom is -0.468 e. The van der Waals surface area contributed by atoms with E-state index in [0.717, 1.165) is 11.1 Å². The summed E-state index contributed by atoms with van der Waals surface area (Å²) in [5.74, 6) is -0.386. The van der Waals surface area contributed by atoms with Crippen LogP contribution < -0.4 is 5.73 Å². The Morgan fingerprint density at radius 3 is 2.50 bits per heavy atom. The first-order chi connectivity index (χ1) is 7.17. The molecule has 2 N–H and O–H groups in total. The van der Waals surface area contributed by atoms with E-state index in [0.29, 0.717) is 6.42 Å². The van der Waals surface area contributed by atoms with E-state index in [2.05, 4.69) is 11.3 Å². The molecule has 0 saturated heterocycles. The van der Waals surface area contributed by atoms with E-state index in [4.69, 9.17) is 5.73 Å². The third kappa shape index (κ3) is 4.04. The van der Waals surface area contributed by atoms with Crippen molar-refractivity contribution in [2.24, 2.45) is 5.73 Å². The van der Waals surface area contributed by atoms with Crippen LogP contribution in [0.3, 0.4) is 0 Å². The van der Waals surface area contributed by atoms with Gasteiger partial charge in [-0.25, -0.2) is 0 Å². The van der Waals surface area contributed by atoms with Gasteiger partial charge in [0.25, 0.3) is 0 Å². The number of hydrogen-bond donors (Lipinski definition) is 1. The van der Waals surface area contributed by atoms with Crippen molar-refractivity contribution >= 4 is 24.5 Å². The fourth-order valence-electron chi connectivity index (χ4n) is 1.28. The first-order valence-corrected chi connectivity index (χ1v) is 4.72. The average Bonchev–Trinajstić information content (AvgIpc) is 2.29. The fourth-order valence-corrected chi connectivity index (χ4v) is 1.28. The summed E-state index contributed by atoms with van der Waals surface area (Å²) in [6, 6.07) is 7.14. The second-order valence-corrected chi connectivity index (χ2v) is 3.28. The van der Waals surface area contributed by atoms with Gasteiger partial charge in [-0.05, 0) is 17.5 Å². The first kappa shape index (κ1) is 14.7. The molecular weight excluding hydrogens is 226 g/mol. The molecule has 0 aliphatic heterocycles. The standard InChI is InChI=1S/C12H15NO2.ClH/c1-3-9-4-6-10(7-5-9)8-11(13)12(14)15-2;/h3-7,11H,1,8,13H2,2H3;1H. The Bertz CT molecular complexity index is 349. The summed E-state index contributed by atoms with van der Waals surface area (Å²) in [5, 5.41) is 0. The van der Waals surface area contributed by atoms with Crippen molar-refractivity contribution in [1.82, 2.24) is 0 Å². The predicted octanol–water partition coefficient (Wildman–Crippen LogP) is 1.79. The maximum absolute atomic E-state index is 11.1. The highest BCUT2D eigenvalue weighted by molar-refractivity contribution is 5.85. The minimum atomic E-state index is -0.593. The van der Waals surface area contributed by atoms with Gasteiger partial charge in [-0.2, -0.15) is 0 Å². The van der Waals surface area contributed by atoms with Gasteiger partial charge >= 0.3 is 5.97 Å². The van der Waals surface area contributed by atoms with Crippen LogP contribution in [0.4, 0.5) is 0 Å². The van der Waals surface area contributed by atoms with Gasteiger partial charge in [0, 0.05) is 0 Å². The number of nitrogens with two attached hydrogens (primary N) is 1. The smallest absolute Gasteiger partial charge is 0.322 e. The van der Waals surface area contributed by atoms with Gasteiger partial charge in [0.15, 0.2) is 0 Å². The highest BCUT2D eigenvalue weighted by atomic mass is 35.5. The maximum Gasteiger partial charge on any atom is 0.322 e. The van der Waals surface area contributed by atoms with E-state index in [1.165, 1.54) is 7.11 Å². The summed E-state index contributed by atoms with van der Waals surface area (Å²) < 4.78 is 4.55. The minimum absolute atomic E-state index is 0. The largest absolute Gasteiger partial charge is 0.468 e. The second-order valence-electron chi connectivity index (χ2n) is 3.28. The molecule has 88 valence electrons. The number of benzene rings is 1. The lowest BCUT2D eigenvalue weighted by molar-refractivity contribution is -0.142. The predicted molar refractivity (Wildman–Crippen MR) is 67.5 cm³/mol. The molecule has 1 aromatic carbocycles. The Labute approximate surface area is 102 Å². The van der Waals surface area contributed by atoms with Crippen LogP contribution in [-0.4, -0.2) is 19.1 Å². The average molecular weight is 242 g/mol. The molecule has 0 bridgehead atoms. The summed E-state index contributed by atoms with van der Waals surface area (Å²) in [7, 11) is 1.34. The van der Waals surface area contributed by atoms with Crippen LogP contribution in [0.1, 0.15) is 11.1 Å². The summed E-state index contributed by atoms with van der Waals surface area (Å²) in [6.07, 6.45) is 2.26. The van der Waals surface area contributed by atoms with Crippen LogP contribution in [0.5, 0.6) is 0 Å².